The third-order valence-electron chi connectivity index (χ3n) is 4.81. The first-order valence-electron chi connectivity index (χ1n) is 9.01. The third-order valence-corrected chi connectivity index (χ3v) is 4.81. The standard InChI is InChI=1S/C19H32N4O/c1-20-19(22-14-15-23(2)17-9-5-6-10-17)21-13-12-16-8-4-7-11-18(16)24-3/h4,7-8,11,17H,5-6,9-10,12-15H2,1-3H3,(H2,20,21,22). The summed E-state index contributed by atoms with van der Waals surface area (Å²) in [6.07, 6.45) is 6.38. The summed E-state index contributed by atoms with van der Waals surface area (Å²) in [7, 11) is 5.77. The van der Waals surface area contributed by atoms with Crippen LogP contribution in [0.15, 0.2) is 29.3 Å². The fraction of sp³-hybridized carbons (Fsp3) is 0.632. The lowest BCUT2D eigenvalue weighted by molar-refractivity contribution is 0.249. The lowest BCUT2D eigenvalue weighted by Crippen LogP contribution is -2.43. The molecule has 5 heteroatoms. The molecule has 24 heavy (non-hydrogen) atoms. The topological polar surface area (TPSA) is 48.9 Å². The van der Waals surface area contributed by atoms with Crippen molar-refractivity contribution < 1.29 is 4.74 Å². The van der Waals surface area contributed by atoms with Crippen LogP contribution in [-0.4, -0.2) is 57.7 Å². The van der Waals surface area contributed by atoms with E-state index >= 15 is 0 Å². The van der Waals surface area contributed by atoms with Gasteiger partial charge < -0.3 is 20.3 Å². The van der Waals surface area contributed by atoms with Gasteiger partial charge in [0.2, 0.25) is 0 Å². The minimum Gasteiger partial charge on any atom is -0.496 e. The van der Waals surface area contributed by atoms with Crippen LogP contribution >= 0.6 is 0 Å². The van der Waals surface area contributed by atoms with Crippen LogP contribution in [-0.2, 0) is 6.42 Å². The summed E-state index contributed by atoms with van der Waals surface area (Å²) in [6, 6.07) is 8.92. The zero-order valence-electron chi connectivity index (χ0n) is 15.3. The van der Waals surface area contributed by atoms with Crippen molar-refractivity contribution in [1.82, 2.24) is 15.5 Å². The maximum absolute atomic E-state index is 5.39. The summed E-state index contributed by atoms with van der Waals surface area (Å²) in [4.78, 5) is 6.78. The van der Waals surface area contributed by atoms with Crippen LogP contribution in [0.25, 0.3) is 0 Å². The molecule has 0 bridgehead atoms. The highest BCUT2D eigenvalue weighted by Gasteiger charge is 2.18. The summed E-state index contributed by atoms with van der Waals surface area (Å²) in [5.41, 5.74) is 1.21. The zero-order chi connectivity index (χ0) is 17.2. The van der Waals surface area contributed by atoms with E-state index in [0.29, 0.717) is 0 Å². The normalized spacial score (nSPS) is 15.8. The lowest BCUT2D eigenvalue weighted by atomic mass is 10.1. The van der Waals surface area contributed by atoms with Gasteiger partial charge in [0.25, 0.3) is 0 Å². The van der Waals surface area contributed by atoms with E-state index < -0.39 is 0 Å². The molecule has 0 spiro atoms. The Balaban J connectivity index is 1.67. The predicted molar refractivity (Wildman–Crippen MR) is 101 cm³/mol. The molecule has 1 aliphatic carbocycles. The highest BCUT2D eigenvalue weighted by atomic mass is 16.5. The maximum atomic E-state index is 5.39. The average molecular weight is 332 g/mol. The SMILES string of the molecule is CN=C(NCCc1ccccc1OC)NCCN(C)C1CCCC1. The fourth-order valence-electron chi connectivity index (χ4n) is 3.32. The second-order valence-corrected chi connectivity index (χ2v) is 6.41. The van der Waals surface area contributed by atoms with E-state index in [1.165, 1.54) is 31.2 Å². The van der Waals surface area contributed by atoms with E-state index in [0.717, 1.165) is 43.8 Å². The Kier molecular flexibility index (Phi) is 7.89. The molecule has 1 aliphatic rings. The Hall–Kier alpha value is -1.75. The molecule has 0 aliphatic heterocycles. The molecular weight excluding hydrogens is 300 g/mol. The molecule has 0 radical (unpaired) electrons. The number of ether oxygens (including phenoxy) is 1. The summed E-state index contributed by atoms with van der Waals surface area (Å²) >= 11 is 0. The number of aliphatic imine (C=N–C) groups is 1. The van der Waals surface area contributed by atoms with Crippen molar-refractivity contribution in [3.8, 4) is 5.75 Å². The number of nitrogens with one attached hydrogen (secondary N) is 2. The smallest absolute Gasteiger partial charge is 0.191 e. The Bertz CT molecular complexity index is 512. The Morgan fingerprint density at radius 1 is 1.21 bits per heavy atom. The van der Waals surface area contributed by atoms with Gasteiger partial charge in [-0.1, -0.05) is 31.0 Å². The second kappa shape index (κ2) is 10.2. The van der Waals surface area contributed by atoms with Gasteiger partial charge in [0, 0.05) is 32.7 Å². The van der Waals surface area contributed by atoms with Crippen molar-refractivity contribution in [3.05, 3.63) is 29.8 Å². The minimum absolute atomic E-state index is 0.771. The molecule has 5 nitrogen and oxygen atoms in total. The van der Waals surface area contributed by atoms with Crippen molar-refractivity contribution in [3.63, 3.8) is 0 Å². The van der Waals surface area contributed by atoms with Gasteiger partial charge in [-0.15, -0.1) is 0 Å². The molecule has 1 aromatic rings. The lowest BCUT2D eigenvalue weighted by Gasteiger charge is -2.24. The van der Waals surface area contributed by atoms with Gasteiger partial charge in [0.05, 0.1) is 7.11 Å². The van der Waals surface area contributed by atoms with E-state index in [4.69, 9.17) is 4.74 Å². The number of hydrogen-bond acceptors (Lipinski definition) is 3. The first-order chi connectivity index (χ1) is 11.7. The molecule has 0 atom stereocenters. The van der Waals surface area contributed by atoms with Crippen LogP contribution in [0.4, 0.5) is 0 Å². The molecule has 1 saturated carbocycles. The fourth-order valence-corrected chi connectivity index (χ4v) is 3.32. The number of hydrogen-bond donors (Lipinski definition) is 2. The monoisotopic (exact) mass is 332 g/mol. The van der Waals surface area contributed by atoms with Crippen molar-refractivity contribution in [2.45, 2.75) is 38.1 Å². The number of guanidine groups is 1. The van der Waals surface area contributed by atoms with Gasteiger partial charge in [-0.2, -0.15) is 0 Å². The van der Waals surface area contributed by atoms with Crippen LogP contribution in [0.3, 0.4) is 0 Å². The second-order valence-electron chi connectivity index (χ2n) is 6.41. The van der Waals surface area contributed by atoms with E-state index in [1.54, 1.807) is 7.11 Å². The molecule has 0 amide bonds. The summed E-state index contributed by atoms with van der Waals surface area (Å²) in [5.74, 6) is 1.81. The van der Waals surface area contributed by atoms with Gasteiger partial charge in [0.15, 0.2) is 5.96 Å². The van der Waals surface area contributed by atoms with Crippen LogP contribution in [0.5, 0.6) is 5.75 Å². The van der Waals surface area contributed by atoms with Crippen molar-refractivity contribution in [1.29, 1.82) is 0 Å². The molecule has 0 saturated heterocycles. The van der Waals surface area contributed by atoms with E-state index in [-0.39, 0.29) is 0 Å². The molecule has 2 N–H and O–H groups in total. The van der Waals surface area contributed by atoms with E-state index in [1.807, 2.05) is 25.2 Å². The summed E-state index contributed by atoms with van der Waals surface area (Å²) in [5, 5.41) is 6.78. The highest BCUT2D eigenvalue weighted by molar-refractivity contribution is 5.79. The Labute approximate surface area is 146 Å². The molecular formula is C19H32N4O. The summed E-state index contributed by atoms with van der Waals surface area (Å²) < 4.78 is 5.39. The van der Waals surface area contributed by atoms with Crippen LogP contribution in [0.2, 0.25) is 0 Å². The quantitative estimate of drug-likeness (QED) is 0.566. The van der Waals surface area contributed by atoms with Gasteiger partial charge in [-0.05, 0) is 37.9 Å². The number of methoxy groups -OCH3 is 1. The molecule has 0 aromatic heterocycles. The van der Waals surface area contributed by atoms with E-state index in [9.17, 15) is 0 Å². The molecule has 134 valence electrons. The Morgan fingerprint density at radius 2 is 1.92 bits per heavy atom. The van der Waals surface area contributed by atoms with Crippen LogP contribution < -0.4 is 15.4 Å². The Morgan fingerprint density at radius 3 is 2.62 bits per heavy atom. The predicted octanol–water partition coefficient (Wildman–Crippen LogP) is 2.28. The van der Waals surface area contributed by atoms with Gasteiger partial charge in [0.1, 0.15) is 5.75 Å². The number of rotatable bonds is 8. The zero-order valence-corrected chi connectivity index (χ0v) is 15.3. The number of nitrogens with zero attached hydrogens (tertiary/aromatic N) is 2. The summed E-state index contributed by atoms with van der Waals surface area (Å²) in [6.45, 7) is 2.80. The largest absolute Gasteiger partial charge is 0.496 e. The first-order valence-corrected chi connectivity index (χ1v) is 9.01. The number of benzene rings is 1. The average Bonchev–Trinajstić information content (AvgIpc) is 3.15. The van der Waals surface area contributed by atoms with Gasteiger partial charge in [-0.25, -0.2) is 0 Å². The van der Waals surface area contributed by atoms with Crippen LogP contribution in [0, 0.1) is 0 Å². The van der Waals surface area contributed by atoms with E-state index in [2.05, 4.69) is 33.6 Å². The van der Waals surface area contributed by atoms with Crippen molar-refractivity contribution in [2.24, 2.45) is 4.99 Å². The van der Waals surface area contributed by atoms with Gasteiger partial charge >= 0.3 is 0 Å². The number of para-hydroxylation sites is 1. The third kappa shape index (κ3) is 5.71. The molecule has 2 rings (SSSR count). The molecule has 0 unspecified atom stereocenters. The number of likely N-dealkylation sites (N-methyl/N-ethyl adjacent to an activating group) is 1. The van der Waals surface area contributed by atoms with Crippen molar-refractivity contribution in [2.75, 3.05) is 40.8 Å². The molecule has 0 heterocycles. The van der Waals surface area contributed by atoms with Crippen LogP contribution in [0.1, 0.15) is 31.2 Å². The molecule has 1 aromatic carbocycles. The maximum Gasteiger partial charge on any atom is 0.191 e. The van der Waals surface area contributed by atoms with Gasteiger partial charge in [-0.3, -0.25) is 4.99 Å². The highest BCUT2D eigenvalue weighted by Crippen LogP contribution is 2.21. The first kappa shape index (κ1) is 18.6. The van der Waals surface area contributed by atoms with Crippen molar-refractivity contribution >= 4 is 5.96 Å². The molecule has 1 fully saturated rings. The minimum atomic E-state index is 0.771.